The lowest BCUT2D eigenvalue weighted by Gasteiger charge is -2.42. The maximum absolute atomic E-state index is 6.94. The van der Waals surface area contributed by atoms with E-state index in [2.05, 4.69) is 202 Å². The van der Waals surface area contributed by atoms with Crippen LogP contribution >= 0.6 is 0 Å². The number of hydrogen-bond acceptors (Lipinski definition) is 3. The van der Waals surface area contributed by atoms with Gasteiger partial charge in [-0.05, 0) is 104 Å². The quantitative estimate of drug-likeness (QED) is 0.163. The average molecular weight is 823 g/mol. The van der Waals surface area contributed by atoms with E-state index in [9.17, 15) is 0 Å². The van der Waals surface area contributed by atoms with Gasteiger partial charge in [-0.15, -0.1) is 0 Å². The van der Waals surface area contributed by atoms with Crippen LogP contribution in [0.5, 0.6) is 5.75 Å². The van der Waals surface area contributed by atoms with Gasteiger partial charge in [0, 0.05) is 66.8 Å². The molecule has 0 atom stereocenters. The number of allylic oxidation sites excluding steroid dienone is 2. The molecule has 64 heavy (non-hydrogen) atoms. The van der Waals surface area contributed by atoms with E-state index in [0.29, 0.717) is 0 Å². The summed E-state index contributed by atoms with van der Waals surface area (Å²) in [5.74, 6) is 1.62. The Morgan fingerprint density at radius 3 is 2.20 bits per heavy atom. The zero-order valence-corrected chi connectivity index (χ0v) is 36.5. The number of fused-ring (bicyclic) bond motifs is 15. The highest BCUT2D eigenvalue weighted by molar-refractivity contribution is 6.93. The lowest BCUT2D eigenvalue weighted by Crippen LogP contribution is -2.60. The predicted octanol–water partition coefficient (Wildman–Crippen LogP) is 14.0. The number of anilines is 2. The summed E-state index contributed by atoms with van der Waals surface area (Å²) in [6.45, 7) is 16.1. The van der Waals surface area contributed by atoms with Crippen LogP contribution in [0.25, 0.3) is 83.0 Å². The van der Waals surface area contributed by atoms with Crippen molar-refractivity contribution in [2.45, 2.75) is 45.4 Å². The number of para-hydroxylation sites is 1. The van der Waals surface area contributed by atoms with Gasteiger partial charge in [0.25, 0.3) is 0 Å². The Morgan fingerprint density at radius 1 is 0.594 bits per heavy atom. The molecule has 0 radical (unpaired) electrons. The number of furan rings is 1. The van der Waals surface area contributed by atoms with Gasteiger partial charge in [-0.2, -0.15) is 0 Å². The van der Waals surface area contributed by atoms with Crippen LogP contribution < -0.4 is 20.5 Å². The van der Waals surface area contributed by atoms with Crippen LogP contribution in [0.3, 0.4) is 0 Å². The van der Waals surface area contributed by atoms with Crippen LogP contribution in [0.2, 0.25) is 0 Å². The lowest BCUT2D eigenvalue weighted by atomic mass is 9.43. The van der Waals surface area contributed by atoms with E-state index in [-0.39, 0.29) is 17.7 Å². The molecule has 0 unspecified atom stereocenters. The van der Waals surface area contributed by atoms with E-state index in [1.165, 1.54) is 71.7 Å². The van der Waals surface area contributed by atoms with E-state index in [1.807, 2.05) is 6.07 Å². The largest absolute Gasteiger partial charge is 0.456 e. The molecule has 0 N–H and O–H groups in total. The minimum atomic E-state index is -0.171. The van der Waals surface area contributed by atoms with E-state index < -0.39 is 0 Å². The summed E-state index contributed by atoms with van der Waals surface area (Å²) in [5, 5.41) is 4.74. The summed E-state index contributed by atoms with van der Waals surface area (Å²) in [4.78, 5) is 2.61. The third kappa shape index (κ3) is 4.63. The Balaban J connectivity index is 1.12. The van der Waals surface area contributed by atoms with Gasteiger partial charge in [0.1, 0.15) is 22.7 Å². The lowest BCUT2D eigenvalue weighted by molar-refractivity contribution is 0.509. The minimum absolute atomic E-state index is 0.0122. The average Bonchev–Trinajstić information content (AvgIpc) is 3.91. The zero-order chi connectivity index (χ0) is 43.0. The van der Waals surface area contributed by atoms with Gasteiger partial charge in [-0.1, -0.05) is 144 Å². The predicted molar refractivity (Wildman–Crippen MR) is 267 cm³/mol. The van der Waals surface area contributed by atoms with Gasteiger partial charge in [0.05, 0.1) is 11.0 Å². The molecular weight excluding hydrogens is 779 g/mol. The summed E-state index contributed by atoms with van der Waals surface area (Å²) in [7, 11) is 0. The second-order valence-corrected chi connectivity index (χ2v) is 19.8. The molecule has 0 spiro atoms. The maximum Gasteiger partial charge on any atom is 0.333 e. The Bertz CT molecular complexity index is 3780. The molecule has 0 bridgehead atoms. The van der Waals surface area contributed by atoms with Crippen molar-refractivity contribution in [1.29, 1.82) is 0 Å². The Hall–Kier alpha value is -7.50. The van der Waals surface area contributed by atoms with Crippen molar-refractivity contribution in [3.63, 3.8) is 0 Å². The molecule has 304 valence electrons. The molecule has 10 aromatic rings. The van der Waals surface area contributed by atoms with Gasteiger partial charge < -0.3 is 18.5 Å². The maximum atomic E-state index is 6.94. The van der Waals surface area contributed by atoms with Gasteiger partial charge in [0.2, 0.25) is 0 Å². The number of nitrogens with zero attached hydrogens (tertiary/aromatic N) is 2. The van der Waals surface area contributed by atoms with Crippen molar-refractivity contribution in [3.8, 4) is 33.7 Å². The normalized spacial score (nSPS) is 15.3. The third-order valence-corrected chi connectivity index (χ3v) is 14.9. The fourth-order valence-electron chi connectivity index (χ4n) is 11.7. The standard InChI is InChI=1S/C59H43BN2O2/c1-33-26-53(34-14-8-7-9-15-34)64-55-32-51-48(28-41(33)55)60-56-39(24-25-40-43-27-42-37-16-10-12-18-46(37)59(5,6)47(42)31-49(43)61(51)57(40)56)44-30-54-45(38-17-11-13-19-52(38)63-54)29-50(44)62(60)36-22-20-35(21-23-36)58(2,3)4/h7-32H,1H2,2-6H3. The van der Waals surface area contributed by atoms with Gasteiger partial charge in [-0.3, -0.25) is 0 Å². The van der Waals surface area contributed by atoms with Crippen molar-refractivity contribution in [2.24, 2.45) is 0 Å². The highest BCUT2D eigenvalue weighted by atomic mass is 16.5. The topological polar surface area (TPSA) is 30.5 Å². The van der Waals surface area contributed by atoms with Gasteiger partial charge in [-0.25, -0.2) is 0 Å². The first-order chi connectivity index (χ1) is 31.0. The third-order valence-electron chi connectivity index (χ3n) is 14.9. The summed E-state index contributed by atoms with van der Waals surface area (Å²) in [6, 6.07) is 56.1. The van der Waals surface area contributed by atoms with E-state index >= 15 is 0 Å². The summed E-state index contributed by atoms with van der Waals surface area (Å²) in [5.41, 5.74) is 22.1. The van der Waals surface area contributed by atoms with E-state index in [0.717, 1.165) is 67.2 Å². The molecule has 2 aromatic heterocycles. The molecule has 0 saturated carbocycles. The number of hydrogen-bond donors (Lipinski definition) is 0. The molecule has 5 heterocycles. The van der Waals surface area contributed by atoms with Crippen molar-refractivity contribution in [3.05, 3.63) is 192 Å². The molecule has 0 fully saturated rings. The molecule has 4 aliphatic rings. The fraction of sp³-hybridized carbons (Fsp3) is 0.119. The highest BCUT2D eigenvalue weighted by Crippen LogP contribution is 2.53. The molecule has 14 rings (SSSR count). The second kappa shape index (κ2) is 12.1. The molecule has 8 aromatic carbocycles. The molecule has 0 saturated heterocycles. The first-order valence-electron chi connectivity index (χ1n) is 22.5. The number of benzene rings is 8. The molecular formula is C59H43BN2O2. The summed E-state index contributed by atoms with van der Waals surface area (Å²) in [6.07, 6.45) is 2.10. The molecule has 3 aliphatic heterocycles. The van der Waals surface area contributed by atoms with Gasteiger partial charge in [0.15, 0.2) is 0 Å². The summed E-state index contributed by atoms with van der Waals surface area (Å²) < 4.78 is 16.1. The van der Waals surface area contributed by atoms with Crippen molar-refractivity contribution >= 4 is 84.2 Å². The summed E-state index contributed by atoms with van der Waals surface area (Å²) >= 11 is 0. The number of ether oxygens (including phenoxy) is 1. The second-order valence-electron chi connectivity index (χ2n) is 19.8. The SMILES string of the molecule is C=C1C=C(c2ccccc2)Oc2cc3c(cc21)B1c2c(ccc4c5cc6c(cc5n-3c24)C(C)(C)c2ccccc2-6)-c2cc3oc4ccccc4c3cc2N1c1ccc(C(C)(C)C)cc1. The number of aromatic nitrogens is 1. The van der Waals surface area contributed by atoms with Crippen LogP contribution in [-0.2, 0) is 10.8 Å². The van der Waals surface area contributed by atoms with Crippen LogP contribution in [0.4, 0.5) is 11.4 Å². The van der Waals surface area contributed by atoms with Crippen LogP contribution in [0, 0.1) is 0 Å². The molecule has 0 amide bonds. The smallest absolute Gasteiger partial charge is 0.333 e. The van der Waals surface area contributed by atoms with Crippen LogP contribution in [0.15, 0.2) is 169 Å². The van der Waals surface area contributed by atoms with Crippen molar-refractivity contribution in [1.82, 2.24) is 4.57 Å². The number of rotatable bonds is 2. The van der Waals surface area contributed by atoms with E-state index in [1.54, 1.807) is 0 Å². The van der Waals surface area contributed by atoms with E-state index in [4.69, 9.17) is 9.15 Å². The van der Waals surface area contributed by atoms with Crippen molar-refractivity contribution < 1.29 is 9.15 Å². The Kier molecular flexibility index (Phi) is 6.84. The highest BCUT2D eigenvalue weighted by Gasteiger charge is 2.46. The first-order valence-corrected chi connectivity index (χ1v) is 22.5. The van der Waals surface area contributed by atoms with Gasteiger partial charge >= 0.3 is 6.85 Å². The minimum Gasteiger partial charge on any atom is -0.456 e. The van der Waals surface area contributed by atoms with Crippen LogP contribution in [-0.4, -0.2) is 11.4 Å². The molecule has 1 aliphatic carbocycles. The van der Waals surface area contributed by atoms with Crippen molar-refractivity contribution in [2.75, 3.05) is 4.81 Å². The fourth-order valence-corrected chi connectivity index (χ4v) is 11.7. The Labute approximate surface area is 372 Å². The zero-order valence-electron chi connectivity index (χ0n) is 36.5. The molecule has 4 nitrogen and oxygen atoms in total. The van der Waals surface area contributed by atoms with Crippen LogP contribution in [0.1, 0.15) is 62.4 Å². The monoisotopic (exact) mass is 822 g/mol. The molecule has 5 heteroatoms. The first kappa shape index (κ1) is 36.0. The Morgan fingerprint density at radius 2 is 1.38 bits per heavy atom.